The number of amides is 1. The molecule has 2 saturated heterocycles. The van der Waals surface area contributed by atoms with Crippen molar-refractivity contribution in [2.75, 3.05) is 39.9 Å². The van der Waals surface area contributed by atoms with Crippen LogP contribution in [0.4, 0.5) is 4.79 Å². The number of ether oxygens (including phenoxy) is 3. The van der Waals surface area contributed by atoms with Gasteiger partial charge in [0, 0.05) is 32.0 Å². The van der Waals surface area contributed by atoms with Crippen LogP contribution in [0.2, 0.25) is 0 Å². The summed E-state index contributed by atoms with van der Waals surface area (Å²) >= 11 is 0. The fourth-order valence-corrected chi connectivity index (χ4v) is 3.92. The van der Waals surface area contributed by atoms with Gasteiger partial charge in [0.05, 0.1) is 26.7 Å². The summed E-state index contributed by atoms with van der Waals surface area (Å²) in [7, 11) is 1.44. The lowest BCUT2D eigenvalue weighted by molar-refractivity contribution is -0.00275. The lowest BCUT2D eigenvalue weighted by Crippen LogP contribution is -2.46. The molecule has 0 bridgehead atoms. The molecule has 8 nitrogen and oxygen atoms in total. The molecule has 3 heterocycles. The van der Waals surface area contributed by atoms with Crippen LogP contribution < -0.4 is 14.9 Å². The number of carbonyl (C=O) groups excluding carboxylic acids is 1. The van der Waals surface area contributed by atoms with Crippen molar-refractivity contribution in [2.24, 2.45) is 0 Å². The summed E-state index contributed by atoms with van der Waals surface area (Å²) < 4.78 is 21.9. The topological polar surface area (TPSA) is 81.4 Å². The van der Waals surface area contributed by atoms with Crippen LogP contribution >= 0.6 is 0 Å². The van der Waals surface area contributed by atoms with Crippen molar-refractivity contribution in [3.63, 3.8) is 0 Å². The minimum atomic E-state index is -0.443. The van der Waals surface area contributed by atoms with E-state index in [1.165, 1.54) is 19.4 Å². The zero-order chi connectivity index (χ0) is 21.0. The highest BCUT2D eigenvalue weighted by Crippen LogP contribution is 2.33. The van der Waals surface area contributed by atoms with Crippen LogP contribution in [0.3, 0.4) is 0 Å². The van der Waals surface area contributed by atoms with Crippen LogP contribution in [-0.4, -0.2) is 61.4 Å². The first-order valence-electron chi connectivity index (χ1n) is 10.1. The van der Waals surface area contributed by atoms with Crippen LogP contribution in [0, 0.1) is 0 Å². The molecular weight excluding hydrogens is 388 g/mol. The van der Waals surface area contributed by atoms with E-state index >= 15 is 0 Å². The van der Waals surface area contributed by atoms with E-state index in [0.29, 0.717) is 32.0 Å². The van der Waals surface area contributed by atoms with Crippen LogP contribution in [0.25, 0.3) is 0 Å². The number of para-hydroxylation sites is 1. The molecule has 2 aromatic rings. The average molecular weight is 414 g/mol. The maximum atomic E-state index is 12.3. The summed E-state index contributed by atoms with van der Waals surface area (Å²) in [6.45, 7) is 3.57. The second-order valence-electron chi connectivity index (χ2n) is 7.69. The molecule has 0 unspecified atom stereocenters. The lowest BCUT2D eigenvalue weighted by atomic mass is 9.91. The number of benzene rings is 1. The van der Waals surface area contributed by atoms with Gasteiger partial charge < -0.3 is 23.5 Å². The van der Waals surface area contributed by atoms with Gasteiger partial charge in [-0.25, -0.2) is 4.79 Å². The minimum absolute atomic E-state index is 0.190. The molecule has 1 aromatic carbocycles. The highest BCUT2D eigenvalue weighted by Gasteiger charge is 2.46. The van der Waals surface area contributed by atoms with E-state index in [4.69, 9.17) is 18.6 Å². The molecule has 160 valence electrons. The van der Waals surface area contributed by atoms with Gasteiger partial charge in [-0.2, -0.15) is 0 Å². The average Bonchev–Trinajstić information content (AvgIpc) is 3.06. The molecule has 0 atom stereocenters. The molecule has 30 heavy (non-hydrogen) atoms. The van der Waals surface area contributed by atoms with Crippen LogP contribution in [0.1, 0.15) is 18.6 Å². The molecule has 2 fully saturated rings. The Hall–Kier alpha value is -3.00. The van der Waals surface area contributed by atoms with Crippen molar-refractivity contribution >= 4 is 6.09 Å². The van der Waals surface area contributed by atoms with Crippen molar-refractivity contribution in [2.45, 2.75) is 25.0 Å². The van der Waals surface area contributed by atoms with Gasteiger partial charge in [0.1, 0.15) is 30.0 Å². The van der Waals surface area contributed by atoms with Gasteiger partial charge in [-0.1, -0.05) is 18.2 Å². The normalized spacial score (nSPS) is 18.4. The molecule has 1 aromatic heterocycles. The van der Waals surface area contributed by atoms with E-state index in [1.54, 1.807) is 4.90 Å². The molecular formula is C22H26N2O6. The van der Waals surface area contributed by atoms with E-state index in [1.807, 2.05) is 30.3 Å². The van der Waals surface area contributed by atoms with Crippen molar-refractivity contribution < 1.29 is 23.4 Å². The van der Waals surface area contributed by atoms with E-state index in [9.17, 15) is 9.59 Å². The monoisotopic (exact) mass is 414 g/mol. The zero-order valence-corrected chi connectivity index (χ0v) is 17.0. The molecule has 0 saturated carbocycles. The number of piperidine rings is 1. The predicted octanol–water partition coefficient (Wildman–Crippen LogP) is 2.51. The van der Waals surface area contributed by atoms with E-state index in [2.05, 4.69) is 4.90 Å². The van der Waals surface area contributed by atoms with Crippen molar-refractivity contribution in [3.05, 3.63) is 58.6 Å². The smallest absolute Gasteiger partial charge is 0.410 e. The highest BCUT2D eigenvalue weighted by atomic mass is 16.6. The van der Waals surface area contributed by atoms with Gasteiger partial charge in [0.25, 0.3) is 0 Å². The summed E-state index contributed by atoms with van der Waals surface area (Å²) in [5.74, 6) is 1.59. The second-order valence-corrected chi connectivity index (χ2v) is 7.69. The summed E-state index contributed by atoms with van der Waals surface area (Å²) in [4.78, 5) is 28.1. The molecule has 1 spiro atoms. The largest absolute Gasteiger partial charge is 0.492 e. The lowest BCUT2D eigenvalue weighted by Gasteiger charge is -2.37. The van der Waals surface area contributed by atoms with Gasteiger partial charge in [-0.15, -0.1) is 0 Å². The van der Waals surface area contributed by atoms with Gasteiger partial charge in [-0.05, 0) is 12.1 Å². The first kappa shape index (κ1) is 20.3. The summed E-state index contributed by atoms with van der Waals surface area (Å²) in [5.41, 5.74) is -0.633. The Morgan fingerprint density at radius 1 is 1.13 bits per heavy atom. The van der Waals surface area contributed by atoms with Gasteiger partial charge in [-0.3, -0.25) is 9.69 Å². The quantitative estimate of drug-likeness (QED) is 0.689. The van der Waals surface area contributed by atoms with E-state index in [-0.39, 0.29) is 17.3 Å². The van der Waals surface area contributed by atoms with Crippen molar-refractivity contribution in [1.82, 2.24) is 9.80 Å². The Bertz CT molecular complexity index is 921. The number of hydrogen-bond acceptors (Lipinski definition) is 7. The summed E-state index contributed by atoms with van der Waals surface area (Å²) in [6.07, 6.45) is 2.56. The van der Waals surface area contributed by atoms with Crippen molar-refractivity contribution in [1.29, 1.82) is 0 Å². The Morgan fingerprint density at radius 2 is 1.90 bits per heavy atom. The number of likely N-dealkylation sites (tertiary alicyclic amines) is 1. The first-order valence-corrected chi connectivity index (χ1v) is 10.1. The molecule has 2 aliphatic rings. The third kappa shape index (κ3) is 4.59. The molecule has 0 radical (unpaired) electrons. The third-order valence-corrected chi connectivity index (χ3v) is 5.63. The Balaban J connectivity index is 1.26. The molecule has 4 rings (SSSR count). The molecule has 0 N–H and O–H groups in total. The number of nitrogens with zero attached hydrogens (tertiary/aromatic N) is 2. The summed E-state index contributed by atoms with van der Waals surface area (Å²) in [6, 6.07) is 11.0. The first-order chi connectivity index (χ1) is 14.6. The van der Waals surface area contributed by atoms with Gasteiger partial charge in [0.15, 0.2) is 0 Å². The third-order valence-electron chi connectivity index (χ3n) is 5.63. The molecule has 1 amide bonds. The molecule has 8 heteroatoms. The van der Waals surface area contributed by atoms with Crippen LogP contribution in [0.15, 0.2) is 51.9 Å². The Labute approximate surface area is 174 Å². The SMILES string of the molecule is COc1coc(CN2CCC3(CC2)CN(CCOc2ccccc2)C(=O)O3)cc1=O. The fraction of sp³-hybridized carbons (Fsp3) is 0.455. The Kier molecular flexibility index (Phi) is 5.94. The maximum absolute atomic E-state index is 12.3. The van der Waals surface area contributed by atoms with Crippen molar-refractivity contribution in [3.8, 4) is 11.5 Å². The number of hydrogen-bond donors (Lipinski definition) is 0. The molecule has 0 aliphatic carbocycles. The highest BCUT2D eigenvalue weighted by molar-refractivity contribution is 5.70. The number of rotatable bonds is 7. The maximum Gasteiger partial charge on any atom is 0.410 e. The van der Waals surface area contributed by atoms with Crippen LogP contribution in [-0.2, 0) is 11.3 Å². The standard InChI is InChI=1S/C22H26N2O6/c1-27-20-15-29-18(13-19(20)25)14-23-9-7-22(8-10-23)16-24(21(26)30-22)11-12-28-17-5-3-2-4-6-17/h2-6,13,15H,7-12,14,16H2,1H3. The molecule has 2 aliphatic heterocycles. The fourth-order valence-electron chi connectivity index (χ4n) is 3.92. The summed E-state index contributed by atoms with van der Waals surface area (Å²) in [5, 5.41) is 0. The van der Waals surface area contributed by atoms with E-state index < -0.39 is 5.60 Å². The zero-order valence-electron chi connectivity index (χ0n) is 17.0. The number of methoxy groups -OCH3 is 1. The van der Waals surface area contributed by atoms with Crippen LogP contribution in [0.5, 0.6) is 11.5 Å². The minimum Gasteiger partial charge on any atom is -0.492 e. The van der Waals surface area contributed by atoms with E-state index in [0.717, 1.165) is 31.7 Å². The predicted molar refractivity (Wildman–Crippen MR) is 109 cm³/mol. The Morgan fingerprint density at radius 3 is 2.60 bits per heavy atom. The second kappa shape index (κ2) is 8.79. The van der Waals surface area contributed by atoms with Gasteiger partial charge >= 0.3 is 6.09 Å². The van der Waals surface area contributed by atoms with Gasteiger partial charge in [0.2, 0.25) is 11.2 Å². The number of carbonyl (C=O) groups is 1.